The van der Waals surface area contributed by atoms with Crippen LogP contribution < -0.4 is 0 Å². The Bertz CT molecular complexity index is 824. The predicted octanol–water partition coefficient (Wildman–Crippen LogP) is 3.41. The minimum atomic E-state index is -1.71. The Labute approximate surface area is 143 Å². The molecule has 6 heteroatoms. The second-order valence-electron chi connectivity index (χ2n) is 5.88. The van der Waals surface area contributed by atoms with Crippen LogP contribution in [0, 0.1) is 62.5 Å². The van der Waals surface area contributed by atoms with E-state index in [0.717, 1.165) is 11.3 Å². The molecule has 1 aliphatic carbocycles. The average Bonchev–Trinajstić information content (AvgIpc) is 2.62. The predicted molar refractivity (Wildman–Crippen MR) is 88.5 cm³/mol. The van der Waals surface area contributed by atoms with Gasteiger partial charge in [-0.1, -0.05) is 18.2 Å². The van der Waals surface area contributed by atoms with E-state index in [2.05, 4.69) is 6.07 Å². The Morgan fingerprint density at radius 3 is 2.42 bits per heavy atom. The zero-order chi connectivity index (χ0) is 17.3. The van der Waals surface area contributed by atoms with Crippen molar-refractivity contribution in [2.75, 3.05) is 11.5 Å². The van der Waals surface area contributed by atoms with Crippen LogP contribution >= 0.6 is 11.8 Å². The van der Waals surface area contributed by atoms with Crippen molar-refractivity contribution in [3.8, 4) is 18.2 Å². The first kappa shape index (κ1) is 16.2. The first-order valence-corrected chi connectivity index (χ1v) is 8.58. The molecule has 3 atom stereocenters. The maximum Gasteiger partial charge on any atom is 0.189 e. The lowest BCUT2D eigenvalue weighted by atomic mass is 9.55. The highest BCUT2D eigenvalue weighted by Crippen LogP contribution is 2.54. The molecule has 118 valence electrons. The number of benzene rings is 1. The molecule has 0 aromatic heterocycles. The molecule has 1 aromatic rings. The van der Waals surface area contributed by atoms with Gasteiger partial charge in [0.15, 0.2) is 5.41 Å². The van der Waals surface area contributed by atoms with Gasteiger partial charge in [0.25, 0.3) is 0 Å². The molecule has 4 nitrogen and oxygen atoms in total. The van der Waals surface area contributed by atoms with E-state index in [9.17, 15) is 20.2 Å². The topological polar surface area (TPSA) is 95.2 Å². The number of nitrogens with zero attached hydrogens (tertiary/aromatic N) is 3. The molecule has 2 aliphatic rings. The molecule has 0 radical (unpaired) electrons. The molecular weight excluding hydrogens is 323 g/mol. The Morgan fingerprint density at radius 1 is 1.17 bits per heavy atom. The summed E-state index contributed by atoms with van der Waals surface area (Å²) >= 11 is 1.67. The van der Waals surface area contributed by atoms with E-state index in [-0.39, 0.29) is 11.6 Å². The fourth-order valence-electron chi connectivity index (χ4n) is 3.66. The van der Waals surface area contributed by atoms with Gasteiger partial charge in [0.05, 0.1) is 23.9 Å². The van der Waals surface area contributed by atoms with Crippen molar-refractivity contribution in [2.24, 2.45) is 17.3 Å². The number of fused-ring (bicyclic) bond motifs is 1. The summed E-state index contributed by atoms with van der Waals surface area (Å²) < 4.78 is 13.3. The summed E-state index contributed by atoms with van der Waals surface area (Å²) in [6.45, 7) is 0. The molecule has 1 heterocycles. The van der Waals surface area contributed by atoms with E-state index < -0.39 is 23.1 Å². The Kier molecular flexibility index (Phi) is 4.14. The first-order valence-electron chi connectivity index (χ1n) is 7.43. The zero-order valence-corrected chi connectivity index (χ0v) is 13.5. The number of allylic oxidation sites excluding steroid dienone is 1. The quantitative estimate of drug-likeness (QED) is 0.795. The largest absolute Gasteiger partial charge is 0.305 e. The molecule has 0 unspecified atom stereocenters. The van der Waals surface area contributed by atoms with Gasteiger partial charge in [0.1, 0.15) is 11.7 Å². The van der Waals surface area contributed by atoms with Crippen LogP contribution in [0.15, 0.2) is 35.9 Å². The minimum Gasteiger partial charge on any atom is -0.305 e. The molecule has 0 spiro atoms. The van der Waals surface area contributed by atoms with Crippen molar-refractivity contribution < 1.29 is 4.39 Å². The van der Waals surface area contributed by atoms with Gasteiger partial charge >= 0.3 is 0 Å². The normalized spacial score (nSPS) is 27.8. The number of nitrogens with one attached hydrogen (secondary N) is 1. The van der Waals surface area contributed by atoms with Gasteiger partial charge in [0.2, 0.25) is 0 Å². The number of hydrogen-bond donors (Lipinski definition) is 1. The van der Waals surface area contributed by atoms with E-state index in [0.29, 0.717) is 11.3 Å². The molecular formula is C18H13FN4S. The summed E-state index contributed by atoms with van der Waals surface area (Å²) in [5.41, 5.74) is -0.410. The summed E-state index contributed by atoms with van der Waals surface area (Å²) in [5.74, 6) is -0.583. The molecule has 1 saturated carbocycles. The van der Waals surface area contributed by atoms with Gasteiger partial charge in [-0.05, 0) is 23.3 Å². The maximum absolute atomic E-state index is 13.3. The monoisotopic (exact) mass is 336 g/mol. The molecule has 0 amide bonds. The Balaban J connectivity index is 2.24. The van der Waals surface area contributed by atoms with Crippen LogP contribution in [-0.4, -0.2) is 17.2 Å². The second kappa shape index (κ2) is 6.11. The maximum atomic E-state index is 13.3. The second-order valence-corrected chi connectivity index (χ2v) is 6.96. The zero-order valence-electron chi connectivity index (χ0n) is 12.7. The van der Waals surface area contributed by atoms with Crippen LogP contribution in [0.4, 0.5) is 4.39 Å². The van der Waals surface area contributed by atoms with E-state index in [1.807, 2.05) is 18.2 Å². The van der Waals surface area contributed by atoms with Crippen molar-refractivity contribution in [1.29, 1.82) is 21.2 Å². The van der Waals surface area contributed by atoms with Crippen LogP contribution in [0.5, 0.6) is 0 Å². The van der Waals surface area contributed by atoms with Crippen molar-refractivity contribution in [3.05, 3.63) is 47.3 Å². The summed E-state index contributed by atoms with van der Waals surface area (Å²) in [5, 5.41) is 37.5. The third-order valence-electron chi connectivity index (χ3n) is 4.79. The van der Waals surface area contributed by atoms with E-state index in [1.165, 1.54) is 12.1 Å². The third-order valence-corrected chi connectivity index (χ3v) is 5.79. The number of hydrogen-bond acceptors (Lipinski definition) is 5. The van der Waals surface area contributed by atoms with Gasteiger partial charge in [-0.2, -0.15) is 27.5 Å². The minimum absolute atomic E-state index is 0.168. The van der Waals surface area contributed by atoms with Gasteiger partial charge < -0.3 is 5.41 Å². The highest BCUT2D eigenvalue weighted by molar-refractivity contribution is 7.99. The van der Waals surface area contributed by atoms with Crippen LogP contribution in [-0.2, 0) is 0 Å². The first-order chi connectivity index (χ1) is 11.6. The lowest BCUT2D eigenvalue weighted by molar-refractivity contribution is 0.378. The molecule has 1 aliphatic heterocycles. The standard InChI is InChI=1S/C18H13FN4S/c19-12-3-1-11(2-4-12)16-15-8-24-6-5-13(15)14(7-20)17(23)18(16,9-21)10-22/h1-5,14-16,23H,6,8H2/t14-,15-,16+/m0/s1. The fraction of sp³-hybridized carbons (Fsp3) is 0.333. The molecule has 0 bridgehead atoms. The van der Waals surface area contributed by atoms with Gasteiger partial charge in [-0.15, -0.1) is 0 Å². The van der Waals surface area contributed by atoms with Gasteiger partial charge in [0, 0.05) is 23.3 Å². The van der Waals surface area contributed by atoms with Crippen molar-refractivity contribution in [2.45, 2.75) is 5.92 Å². The summed E-state index contributed by atoms with van der Waals surface area (Å²) in [4.78, 5) is 0. The summed E-state index contributed by atoms with van der Waals surface area (Å²) in [6.07, 6.45) is 1.94. The fourth-order valence-corrected chi connectivity index (χ4v) is 4.74. The van der Waals surface area contributed by atoms with Crippen molar-refractivity contribution >= 4 is 17.5 Å². The lowest BCUT2D eigenvalue weighted by Gasteiger charge is -2.45. The summed E-state index contributed by atoms with van der Waals surface area (Å²) in [6, 6.07) is 11.9. The van der Waals surface area contributed by atoms with Crippen LogP contribution in [0.25, 0.3) is 0 Å². The summed E-state index contributed by atoms with van der Waals surface area (Å²) in [7, 11) is 0. The number of thioether (sulfide) groups is 1. The molecule has 3 rings (SSSR count). The molecule has 24 heavy (non-hydrogen) atoms. The van der Waals surface area contributed by atoms with Crippen molar-refractivity contribution in [1.82, 2.24) is 0 Å². The average molecular weight is 336 g/mol. The number of halogens is 1. The molecule has 1 aromatic carbocycles. The highest BCUT2D eigenvalue weighted by atomic mass is 32.2. The SMILES string of the molecule is N#C[C@@H]1C(=N)C(C#N)(C#N)[C@H](c2ccc(F)cc2)[C@H]2CSCC=C12. The van der Waals surface area contributed by atoms with Crippen LogP contribution in [0.3, 0.4) is 0 Å². The van der Waals surface area contributed by atoms with Gasteiger partial charge in [-0.25, -0.2) is 4.39 Å². The number of rotatable bonds is 1. The van der Waals surface area contributed by atoms with E-state index in [1.54, 1.807) is 23.9 Å². The Morgan fingerprint density at radius 2 is 1.83 bits per heavy atom. The molecule has 1 N–H and O–H groups in total. The highest BCUT2D eigenvalue weighted by Gasteiger charge is 2.57. The smallest absolute Gasteiger partial charge is 0.189 e. The lowest BCUT2D eigenvalue weighted by Crippen LogP contribution is -2.49. The van der Waals surface area contributed by atoms with Crippen LogP contribution in [0.2, 0.25) is 0 Å². The van der Waals surface area contributed by atoms with E-state index >= 15 is 0 Å². The number of nitriles is 3. The molecule has 0 saturated heterocycles. The van der Waals surface area contributed by atoms with E-state index in [4.69, 9.17) is 5.41 Å². The molecule has 1 fully saturated rings. The third kappa shape index (κ3) is 2.21. The Hall–Kier alpha value is -2.62. The van der Waals surface area contributed by atoms with Gasteiger partial charge in [-0.3, -0.25) is 0 Å². The van der Waals surface area contributed by atoms with Crippen molar-refractivity contribution in [3.63, 3.8) is 0 Å². The van der Waals surface area contributed by atoms with Crippen LogP contribution in [0.1, 0.15) is 11.5 Å².